The van der Waals surface area contributed by atoms with Gasteiger partial charge in [0.05, 0.1) is 7.11 Å². The minimum Gasteiger partial charge on any atom is -0.497 e. The number of methoxy groups -OCH3 is 1. The van der Waals surface area contributed by atoms with Crippen molar-refractivity contribution >= 4 is 0 Å². The highest BCUT2D eigenvalue weighted by atomic mass is 16.5. The molecular weight excluding hydrogens is 138 g/mol. The van der Waals surface area contributed by atoms with E-state index in [4.69, 9.17) is 11.8 Å². The smallest absolute Gasteiger partial charge is 0.118 e. The Morgan fingerprint density at radius 1 is 1.36 bits per heavy atom. The van der Waals surface area contributed by atoms with Crippen molar-refractivity contribution in [1.82, 2.24) is 5.32 Å². The zero-order valence-corrected chi connectivity index (χ0v) is 6.50. The third-order valence-corrected chi connectivity index (χ3v) is 1.47. The van der Waals surface area contributed by atoms with E-state index in [0.29, 0.717) is 6.54 Å². The molecule has 0 aliphatic rings. The largest absolute Gasteiger partial charge is 0.497 e. The lowest BCUT2D eigenvalue weighted by molar-refractivity contribution is 0.414. The second-order valence-electron chi connectivity index (χ2n) is 2.23. The van der Waals surface area contributed by atoms with Crippen molar-refractivity contribution in [2.24, 2.45) is 0 Å². The van der Waals surface area contributed by atoms with E-state index >= 15 is 0 Å². The normalized spacial score (nSPS) is 9.64. The highest BCUT2D eigenvalue weighted by molar-refractivity contribution is 5.26. The van der Waals surface area contributed by atoms with Gasteiger partial charge in [-0.3, -0.25) is 0 Å². The molecule has 1 aromatic rings. The van der Waals surface area contributed by atoms with Crippen LogP contribution in [0.15, 0.2) is 24.3 Å². The van der Waals surface area contributed by atoms with Crippen LogP contribution < -0.4 is 10.1 Å². The summed E-state index contributed by atoms with van der Waals surface area (Å²) in [5.74, 6) is 0.866. The number of ether oxygens (including phenoxy) is 1. The summed E-state index contributed by atoms with van der Waals surface area (Å²) in [6.07, 6.45) is 0. The lowest BCUT2D eigenvalue weighted by Gasteiger charge is -2.01. The molecular formula is C9H11NO. The van der Waals surface area contributed by atoms with Crippen molar-refractivity contribution in [3.8, 4) is 5.75 Å². The van der Waals surface area contributed by atoms with Gasteiger partial charge in [-0.25, -0.2) is 0 Å². The van der Waals surface area contributed by atoms with Gasteiger partial charge < -0.3 is 10.1 Å². The van der Waals surface area contributed by atoms with Crippen molar-refractivity contribution in [2.45, 2.75) is 6.54 Å². The lowest BCUT2D eigenvalue weighted by Crippen LogP contribution is -2.01. The number of nitrogens with one attached hydrogen (secondary N) is 1. The van der Waals surface area contributed by atoms with Crippen LogP contribution in [0, 0.1) is 7.05 Å². The van der Waals surface area contributed by atoms with Crippen LogP contribution >= 0.6 is 0 Å². The molecule has 0 heterocycles. The van der Waals surface area contributed by atoms with E-state index in [1.54, 1.807) is 7.11 Å². The second kappa shape index (κ2) is 3.98. The van der Waals surface area contributed by atoms with Crippen LogP contribution in [0.1, 0.15) is 5.56 Å². The fourth-order valence-electron chi connectivity index (χ4n) is 0.861. The molecule has 0 aliphatic carbocycles. The van der Waals surface area contributed by atoms with Gasteiger partial charge in [-0.1, -0.05) is 12.1 Å². The standard InChI is InChI=1S/C9H11NO/c1-10-7-8-3-5-9(11-2)6-4-8/h1,3-6,10H,7H2,2H3. The molecule has 2 nitrogen and oxygen atoms in total. The van der Waals surface area contributed by atoms with Crippen LogP contribution in [0.5, 0.6) is 5.75 Å². The first-order valence-electron chi connectivity index (χ1n) is 3.43. The third kappa shape index (κ3) is 2.24. The van der Waals surface area contributed by atoms with Crippen molar-refractivity contribution in [1.29, 1.82) is 0 Å². The van der Waals surface area contributed by atoms with Crippen LogP contribution in [-0.2, 0) is 6.54 Å². The number of hydrogen-bond acceptors (Lipinski definition) is 2. The van der Waals surface area contributed by atoms with Gasteiger partial charge in [0.15, 0.2) is 0 Å². The third-order valence-electron chi connectivity index (χ3n) is 1.47. The molecule has 1 N–H and O–H groups in total. The summed E-state index contributed by atoms with van der Waals surface area (Å²) in [4.78, 5) is 0. The van der Waals surface area contributed by atoms with Gasteiger partial charge in [0.2, 0.25) is 0 Å². The summed E-state index contributed by atoms with van der Waals surface area (Å²) < 4.78 is 5.00. The Morgan fingerprint density at radius 3 is 2.45 bits per heavy atom. The molecule has 0 spiro atoms. The van der Waals surface area contributed by atoms with Crippen molar-refractivity contribution < 1.29 is 4.74 Å². The van der Waals surface area contributed by atoms with E-state index in [9.17, 15) is 0 Å². The molecule has 0 aliphatic heterocycles. The van der Waals surface area contributed by atoms with Crippen molar-refractivity contribution in [2.75, 3.05) is 7.11 Å². The average molecular weight is 149 g/mol. The molecule has 0 atom stereocenters. The zero-order chi connectivity index (χ0) is 8.10. The molecule has 0 saturated heterocycles. The summed E-state index contributed by atoms with van der Waals surface area (Å²) in [7, 11) is 6.80. The minimum absolute atomic E-state index is 0.685. The number of rotatable bonds is 3. The van der Waals surface area contributed by atoms with Crippen molar-refractivity contribution in [3.05, 3.63) is 36.9 Å². The molecule has 58 valence electrons. The van der Waals surface area contributed by atoms with Crippen molar-refractivity contribution in [3.63, 3.8) is 0 Å². The second-order valence-corrected chi connectivity index (χ2v) is 2.23. The Labute approximate surface area is 67.2 Å². The van der Waals surface area contributed by atoms with E-state index in [1.807, 2.05) is 24.3 Å². The first kappa shape index (κ1) is 8.08. The molecule has 0 fully saturated rings. The van der Waals surface area contributed by atoms with E-state index in [0.717, 1.165) is 11.3 Å². The highest BCUT2D eigenvalue weighted by Crippen LogP contribution is 2.10. The maximum Gasteiger partial charge on any atom is 0.118 e. The van der Waals surface area contributed by atoms with Gasteiger partial charge in [0.1, 0.15) is 5.75 Å². The van der Waals surface area contributed by atoms with E-state index < -0.39 is 0 Å². The highest BCUT2D eigenvalue weighted by Gasteiger charge is 1.90. The Kier molecular flexibility index (Phi) is 2.93. The Hall–Kier alpha value is -1.02. The molecule has 0 unspecified atom stereocenters. The summed E-state index contributed by atoms with van der Waals surface area (Å²) in [6.45, 7) is 0.685. The predicted octanol–water partition coefficient (Wildman–Crippen LogP) is 1.45. The van der Waals surface area contributed by atoms with Gasteiger partial charge in [-0.2, -0.15) is 0 Å². The molecule has 2 radical (unpaired) electrons. The fraction of sp³-hybridized carbons (Fsp3) is 0.222. The van der Waals surface area contributed by atoms with Gasteiger partial charge in [-0.05, 0) is 17.7 Å². The van der Waals surface area contributed by atoms with E-state index in [-0.39, 0.29) is 0 Å². The van der Waals surface area contributed by atoms with E-state index in [2.05, 4.69) is 5.32 Å². The lowest BCUT2D eigenvalue weighted by atomic mass is 10.2. The molecule has 11 heavy (non-hydrogen) atoms. The molecule has 1 rings (SSSR count). The van der Waals surface area contributed by atoms with Crippen LogP contribution in [0.3, 0.4) is 0 Å². The molecule has 0 aromatic heterocycles. The zero-order valence-electron chi connectivity index (χ0n) is 6.50. The molecule has 2 heteroatoms. The first-order chi connectivity index (χ1) is 5.36. The van der Waals surface area contributed by atoms with Gasteiger partial charge >= 0.3 is 0 Å². The van der Waals surface area contributed by atoms with Crippen LogP contribution in [0.4, 0.5) is 0 Å². The molecule has 1 aromatic carbocycles. The van der Waals surface area contributed by atoms with Crippen LogP contribution in [0.25, 0.3) is 0 Å². The van der Waals surface area contributed by atoms with Gasteiger partial charge in [0.25, 0.3) is 0 Å². The predicted molar refractivity (Wildman–Crippen MR) is 44.1 cm³/mol. The molecule has 0 amide bonds. The van der Waals surface area contributed by atoms with E-state index in [1.165, 1.54) is 0 Å². The monoisotopic (exact) mass is 149 g/mol. The van der Waals surface area contributed by atoms with Crippen LogP contribution in [0.2, 0.25) is 0 Å². The Morgan fingerprint density at radius 2 is 2.00 bits per heavy atom. The SMILES string of the molecule is [CH]NCc1ccc(OC)cc1. The number of hydrogen-bond donors (Lipinski definition) is 1. The quantitative estimate of drug-likeness (QED) is 0.657. The summed E-state index contributed by atoms with van der Waals surface area (Å²) in [6, 6.07) is 7.76. The molecule has 0 bridgehead atoms. The summed E-state index contributed by atoms with van der Waals surface area (Å²) in [5, 5.41) is 2.58. The van der Waals surface area contributed by atoms with Gasteiger partial charge in [-0.15, -0.1) is 0 Å². The topological polar surface area (TPSA) is 21.3 Å². The van der Waals surface area contributed by atoms with Gasteiger partial charge in [0, 0.05) is 13.6 Å². The first-order valence-corrected chi connectivity index (χ1v) is 3.43. The Bertz CT molecular complexity index is 205. The van der Waals surface area contributed by atoms with Crippen LogP contribution in [-0.4, -0.2) is 7.11 Å². The maximum absolute atomic E-state index is 5.15. The molecule has 0 saturated carbocycles. The summed E-state index contributed by atoms with van der Waals surface area (Å²) in [5.41, 5.74) is 1.15. The number of benzene rings is 1. The fourth-order valence-corrected chi connectivity index (χ4v) is 0.861. The summed E-state index contributed by atoms with van der Waals surface area (Å²) >= 11 is 0. The Balaban J connectivity index is 2.66. The minimum atomic E-state index is 0.685. The maximum atomic E-state index is 5.15. The average Bonchev–Trinajstić information content (AvgIpc) is 2.07.